The minimum atomic E-state index is -0.453. The average Bonchev–Trinajstić information content (AvgIpc) is 3.18. The SMILES string of the molecule is O=[N+]([O-])c1cccc(-c2noc(CN3CCN(c4ccc(F)cc4)CC3)n2)c1. The topological polar surface area (TPSA) is 88.5 Å². The molecule has 0 bridgehead atoms. The largest absolute Gasteiger partial charge is 0.369 e. The Morgan fingerprint density at radius 2 is 1.86 bits per heavy atom. The number of benzene rings is 2. The number of hydrogen-bond acceptors (Lipinski definition) is 7. The molecule has 0 atom stereocenters. The molecule has 144 valence electrons. The summed E-state index contributed by atoms with van der Waals surface area (Å²) in [5.74, 6) is 0.568. The molecule has 2 aromatic carbocycles. The number of non-ortho nitro benzene ring substituents is 1. The van der Waals surface area contributed by atoms with E-state index in [9.17, 15) is 14.5 Å². The molecule has 0 radical (unpaired) electrons. The summed E-state index contributed by atoms with van der Waals surface area (Å²) in [6.45, 7) is 3.77. The van der Waals surface area contributed by atoms with Gasteiger partial charge in [0.15, 0.2) is 0 Å². The summed E-state index contributed by atoms with van der Waals surface area (Å²) < 4.78 is 18.4. The predicted molar refractivity (Wildman–Crippen MR) is 100 cm³/mol. The fourth-order valence-corrected chi connectivity index (χ4v) is 3.20. The lowest BCUT2D eigenvalue weighted by Crippen LogP contribution is -2.46. The number of piperazine rings is 1. The van der Waals surface area contributed by atoms with Crippen molar-refractivity contribution < 1.29 is 13.8 Å². The Labute approximate surface area is 160 Å². The summed E-state index contributed by atoms with van der Waals surface area (Å²) in [7, 11) is 0. The van der Waals surface area contributed by atoms with Crippen molar-refractivity contribution in [2.24, 2.45) is 0 Å². The maximum absolute atomic E-state index is 13.1. The van der Waals surface area contributed by atoms with E-state index in [0.29, 0.717) is 23.8 Å². The second kappa shape index (κ2) is 7.73. The number of rotatable bonds is 5. The quantitative estimate of drug-likeness (QED) is 0.494. The fourth-order valence-electron chi connectivity index (χ4n) is 3.20. The normalized spacial score (nSPS) is 15.0. The first kappa shape index (κ1) is 18.1. The van der Waals surface area contributed by atoms with Crippen molar-refractivity contribution in [2.75, 3.05) is 31.1 Å². The van der Waals surface area contributed by atoms with Gasteiger partial charge in [-0.15, -0.1) is 0 Å². The number of aromatic nitrogens is 2. The first-order valence-corrected chi connectivity index (χ1v) is 8.89. The Balaban J connectivity index is 1.37. The molecule has 0 unspecified atom stereocenters. The van der Waals surface area contributed by atoms with E-state index < -0.39 is 4.92 Å². The molecule has 3 aromatic rings. The number of hydrogen-bond donors (Lipinski definition) is 0. The second-order valence-electron chi connectivity index (χ2n) is 6.56. The molecule has 0 spiro atoms. The Kier molecular flexibility index (Phi) is 4.98. The van der Waals surface area contributed by atoms with Crippen molar-refractivity contribution in [3.63, 3.8) is 0 Å². The van der Waals surface area contributed by atoms with E-state index >= 15 is 0 Å². The van der Waals surface area contributed by atoms with Crippen molar-refractivity contribution in [1.29, 1.82) is 0 Å². The third kappa shape index (κ3) is 3.99. The van der Waals surface area contributed by atoms with E-state index in [1.54, 1.807) is 24.3 Å². The lowest BCUT2D eigenvalue weighted by atomic mass is 10.2. The van der Waals surface area contributed by atoms with E-state index in [1.165, 1.54) is 24.3 Å². The van der Waals surface area contributed by atoms with E-state index in [-0.39, 0.29) is 11.5 Å². The van der Waals surface area contributed by atoms with Gasteiger partial charge in [0.25, 0.3) is 5.69 Å². The van der Waals surface area contributed by atoms with Crippen LogP contribution in [0.3, 0.4) is 0 Å². The lowest BCUT2D eigenvalue weighted by molar-refractivity contribution is -0.384. The molecule has 1 saturated heterocycles. The van der Waals surface area contributed by atoms with Crippen LogP contribution < -0.4 is 4.90 Å². The van der Waals surface area contributed by atoms with Crippen LogP contribution in [0.25, 0.3) is 11.4 Å². The van der Waals surface area contributed by atoms with Gasteiger partial charge < -0.3 is 9.42 Å². The minimum absolute atomic E-state index is 0.0132. The summed E-state index contributed by atoms with van der Waals surface area (Å²) in [5.41, 5.74) is 1.54. The van der Waals surface area contributed by atoms with Crippen molar-refractivity contribution in [3.05, 3.63) is 70.4 Å². The standard InChI is InChI=1S/C19H18FN5O3/c20-15-4-6-16(7-5-15)24-10-8-23(9-11-24)13-18-21-19(22-28-18)14-2-1-3-17(12-14)25(26)27/h1-7,12H,8-11,13H2. The van der Waals surface area contributed by atoms with Crippen LogP contribution in [0.1, 0.15) is 5.89 Å². The van der Waals surface area contributed by atoms with Crippen molar-refractivity contribution in [2.45, 2.75) is 6.54 Å². The van der Waals surface area contributed by atoms with Gasteiger partial charge in [0.05, 0.1) is 11.5 Å². The zero-order chi connectivity index (χ0) is 19.5. The molecular formula is C19H18FN5O3. The molecular weight excluding hydrogens is 365 g/mol. The van der Waals surface area contributed by atoms with Crippen LogP contribution in [0.15, 0.2) is 53.1 Å². The highest BCUT2D eigenvalue weighted by Crippen LogP contribution is 2.22. The first-order valence-electron chi connectivity index (χ1n) is 8.89. The molecule has 2 heterocycles. The first-order chi connectivity index (χ1) is 13.6. The molecule has 1 aromatic heterocycles. The highest BCUT2D eigenvalue weighted by Gasteiger charge is 2.20. The van der Waals surface area contributed by atoms with E-state index in [0.717, 1.165) is 31.9 Å². The fraction of sp³-hybridized carbons (Fsp3) is 0.263. The number of halogens is 1. The van der Waals surface area contributed by atoms with Gasteiger partial charge >= 0.3 is 0 Å². The maximum Gasteiger partial charge on any atom is 0.270 e. The molecule has 9 heteroatoms. The summed E-state index contributed by atoms with van der Waals surface area (Å²) in [6, 6.07) is 12.7. The molecule has 4 rings (SSSR count). The van der Waals surface area contributed by atoms with Crippen molar-refractivity contribution in [1.82, 2.24) is 15.0 Å². The number of nitro benzene ring substituents is 1. The Morgan fingerprint density at radius 3 is 2.57 bits per heavy atom. The molecule has 0 saturated carbocycles. The Bertz CT molecular complexity index is 968. The monoisotopic (exact) mass is 383 g/mol. The minimum Gasteiger partial charge on any atom is -0.369 e. The number of nitrogens with zero attached hydrogens (tertiary/aromatic N) is 5. The molecule has 1 fully saturated rings. The molecule has 28 heavy (non-hydrogen) atoms. The molecule has 1 aliphatic rings. The zero-order valence-electron chi connectivity index (χ0n) is 15.0. The van der Waals surface area contributed by atoms with Gasteiger partial charge in [0, 0.05) is 49.6 Å². The van der Waals surface area contributed by atoms with Crippen molar-refractivity contribution in [3.8, 4) is 11.4 Å². The van der Waals surface area contributed by atoms with Gasteiger partial charge in [-0.05, 0) is 24.3 Å². The summed E-state index contributed by atoms with van der Waals surface area (Å²) >= 11 is 0. The smallest absolute Gasteiger partial charge is 0.270 e. The summed E-state index contributed by atoms with van der Waals surface area (Å²) in [5, 5.41) is 14.9. The van der Waals surface area contributed by atoms with Gasteiger partial charge in [0.1, 0.15) is 5.82 Å². The zero-order valence-corrected chi connectivity index (χ0v) is 15.0. The van der Waals surface area contributed by atoms with Crippen molar-refractivity contribution >= 4 is 11.4 Å². The van der Waals surface area contributed by atoms with Crippen LogP contribution in [0, 0.1) is 15.9 Å². The Hall–Kier alpha value is -3.33. The predicted octanol–water partition coefficient (Wildman–Crippen LogP) is 3.11. The summed E-state index contributed by atoms with van der Waals surface area (Å²) in [4.78, 5) is 19.2. The van der Waals surface area contributed by atoms with Gasteiger partial charge in [0.2, 0.25) is 11.7 Å². The van der Waals surface area contributed by atoms with E-state index in [4.69, 9.17) is 4.52 Å². The molecule has 1 aliphatic heterocycles. The van der Waals surface area contributed by atoms with E-state index in [2.05, 4.69) is 19.9 Å². The van der Waals surface area contributed by atoms with Gasteiger partial charge in [-0.2, -0.15) is 4.98 Å². The van der Waals surface area contributed by atoms with Gasteiger partial charge in [-0.3, -0.25) is 15.0 Å². The van der Waals surface area contributed by atoms with Crippen LogP contribution in [0.4, 0.5) is 15.8 Å². The third-order valence-corrected chi connectivity index (χ3v) is 4.71. The lowest BCUT2D eigenvalue weighted by Gasteiger charge is -2.35. The maximum atomic E-state index is 13.1. The highest BCUT2D eigenvalue weighted by molar-refractivity contribution is 5.58. The molecule has 0 aliphatic carbocycles. The average molecular weight is 383 g/mol. The van der Waals surface area contributed by atoms with E-state index in [1.807, 2.05) is 0 Å². The van der Waals surface area contributed by atoms with Gasteiger partial charge in [-0.1, -0.05) is 17.3 Å². The number of nitro groups is 1. The van der Waals surface area contributed by atoms with Crippen LogP contribution in [-0.2, 0) is 6.54 Å². The second-order valence-corrected chi connectivity index (χ2v) is 6.56. The van der Waals surface area contributed by atoms with Gasteiger partial charge in [-0.25, -0.2) is 4.39 Å². The third-order valence-electron chi connectivity index (χ3n) is 4.71. The molecule has 0 N–H and O–H groups in total. The highest BCUT2D eigenvalue weighted by atomic mass is 19.1. The Morgan fingerprint density at radius 1 is 1.11 bits per heavy atom. The number of anilines is 1. The van der Waals surface area contributed by atoms with Crippen LogP contribution in [0.2, 0.25) is 0 Å². The molecule has 8 nitrogen and oxygen atoms in total. The van der Waals surface area contributed by atoms with Crippen LogP contribution in [-0.4, -0.2) is 46.1 Å². The van der Waals surface area contributed by atoms with Crippen LogP contribution >= 0.6 is 0 Å². The molecule has 0 amide bonds. The summed E-state index contributed by atoms with van der Waals surface area (Å²) in [6.07, 6.45) is 0. The van der Waals surface area contributed by atoms with Crippen LogP contribution in [0.5, 0.6) is 0 Å².